The molecule has 1 saturated heterocycles. The molecule has 4 nitrogen and oxygen atoms in total. The minimum absolute atomic E-state index is 0.137. The molecule has 1 fully saturated rings. The van der Waals surface area contributed by atoms with Gasteiger partial charge in [0.05, 0.1) is 30.8 Å². The zero-order valence-electron chi connectivity index (χ0n) is 10.8. The quantitative estimate of drug-likeness (QED) is 0.764. The van der Waals surface area contributed by atoms with Crippen molar-refractivity contribution in [3.63, 3.8) is 0 Å². The lowest BCUT2D eigenvalue weighted by Gasteiger charge is -2.27. The summed E-state index contributed by atoms with van der Waals surface area (Å²) in [6, 6.07) is 1.97. The van der Waals surface area contributed by atoms with Gasteiger partial charge in [-0.25, -0.2) is 0 Å². The van der Waals surface area contributed by atoms with Crippen LogP contribution in [0.2, 0.25) is 0 Å². The fourth-order valence-electron chi connectivity index (χ4n) is 2.01. The lowest BCUT2D eigenvalue weighted by molar-refractivity contribution is -0.0962. The maximum atomic E-state index is 11.2. The van der Waals surface area contributed by atoms with E-state index in [-0.39, 0.29) is 11.9 Å². The van der Waals surface area contributed by atoms with E-state index in [0.717, 1.165) is 18.0 Å². The van der Waals surface area contributed by atoms with Gasteiger partial charge in [0, 0.05) is 13.1 Å². The van der Waals surface area contributed by atoms with Crippen molar-refractivity contribution in [1.82, 2.24) is 4.90 Å². The third-order valence-electron chi connectivity index (χ3n) is 2.85. The van der Waals surface area contributed by atoms with Crippen LogP contribution in [0.25, 0.3) is 0 Å². The van der Waals surface area contributed by atoms with Gasteiger partial charge in [0.25, 0.3) is 0 Å². The Morgan fingerprint density at radius 1 is 1.56 bits per heavy atom. The van der Waals surface area contributed by atoms with Crippen molar-refractivity contribution in [2.24, 2.45) is 0 Å². The Balaban J connectivity index is 1.82. The van der Waals surface area contributed by atoms with Gasteiger partial charge in [-0.1, -0.05) is 0 Å². The second kappa shape index (κ2) is 6.43. The molecule has 0 N–H and O–H groups in total. The van der Waals surface area contributed by atoms with E-state index in [4.69, 9.17) is 9.47 Å². The largest absolute Gasteiger partial charge is 0.376 e. The first-order chi connectivity index (χ1) is 8.65. The van der Waals surface area contributed by atoms with Crippen LogP contribution >= 0.6 is 11.3 Å². The molecule has 0 spiro atoms. The van der Waals surface area contributed by atoms with Crippen LogP contribution in [0.3, 0.4) is 0 Å². The zero-order chi connectivity index (χ0) is 13.0. The summed E-state index contributed by atoms with van der Waals surface area (Å²) in [7, 11) is 2.06. The standard InChI is InChI=1S/C13H19NO3S/c1-10(15)13-5-11(9-18-13)6-14(2)7-12-8-16-3-4-17-12/h5,9,12H,3-4,6-8H2,1-2H3/t12-/m0/s1. The Hall–Kier alpha value is -0.750. The van der Waals surface area contributed by atoms with Crippen LogP contribution in [0.5, 0.6) is 0 Å². The topological polar surface area (TPSA) is 38.8 Å². The first kappa shape index (κ1) is 13.7. The van der Waals surface area contributed by atoms with Gasteiger partial charge in [-0.05, 0) is 31.0 Å². The Bertz CT molecular complexity index is 399. The molecule has 1 atom stereocenters. The van der Waals surface area contributed by atoms with Crippen molar-refractivity contribution in [3.05, 3.63) is 21.9 Å². The highest BCUT2D eigenvalue weighted by molar-refractivity contribution is 7.12. The minimum Gasteiger partial charge on any atom is -0.376 e. The molecule has 100 valence electrons. The Kier molecular flexibility index (Phi) is 4.88. The van der Waals surface area contributed by atoms with Crippen molar-refractivity contribution < 1.29 is 14.3 Å². The van der Waals surface area contributed by atoms with Gasteiger partial charge in [-0.3, -0.25) is 9.69 Å². The van der Waals surface area contributed by atoms with Gasteiger partial charge in [-0.15, -0.1) is 11.3 Å². The van der Waals surface area contributed by atoms with Crippen LogP contribution in [-0.4, -0.2) is 50.2 Å². The van der Waals surface area contributed by atoms with Gasteiger partial charge >= 0.3 is 0 Å². The fourth-order valence-corrected chi connectivity index (χ4v) is 2.82. The van der Waals surface area contributed by atoms with Gasteiger partial charge in [0.2, 0.25) is 0 Å². The van der Waals surface area contributed by atoms with Gasteiger partial charge in [0.15, 0.2) is 5.78 Å². The molecule has 0 amide bonds. The average Bonchev–Trinajstić information content (AvgIpc) is 2.78. The van der Waals surface area contributed by atoms with Crippen LogP contribution in [0, 0.1) is 0 Å². The highest BCUT2D eigenvalue weighted by Gasteiger charge is 2.16. The number of ether oxygens (including phenoxy) is 2. The Morgan fingerprint density at radius 2 is 2.39 bits per heavy atom. The Morgan fingerprint density at radius 3 is 3.00 bits per heavy atom. The zero-order valence-corrected chi connectivity index (χ0v) is 11.7. The van der Waals surface area contributed by atoms with E-state index in [1.54, 1.807) is 6.92 Å². The van der Waals surface area contributed by atoms with Crippen molar-refractivity contribution >= 4 is 17.1 Å². The third kappa shape index (κ3) is 3.88. The van der Waals surface area contributed by atoms with Crippen molar-refractivity contribution in [1.29, 1.82) is 0 Å². The number of hydrogen-bond acceptors (Lipinski definition) is 5. The molecule has 18 heavy (non-hydrogen) atoms. The number of thiophene rings is 1. The molecular formula is C13H19NO3S. The summed E-state index contributed by atoms with van der Waals surface area (Å²) in [5, 5.41) is 2.05. The highest BCUT2D eigenvalue weighted by atomic mass is 32.1. The van der Waals surface area contributed by atoms with Crippen LogP contribution in [0.1, 0.15) is 22.2 Å². The summed E-state index contributed by atoms with van der Waals surface area (Å²) in [4.78, 5) is 14.3. The van der Waals surface area contributed by atoms with Crippen molar-refractivity contribution in [2.75, 3.05) is 33.4 Å². The number of nitrogens with zero attached hydrogens (tertiary/aromatic N) is 1. The normalized spacial score (nSPS) is 20.3. The molecule has 0 radical (unpaired) electrons. The van der Waals surface area contributed by atoms with E-state index in [9.17, 15) is 4.79 Å². The summed E-state index contributed by atoms with van der Waals surface area (Å²) in [6.07, 6.45) is 0.162. The first-order valence-electron chi connectivity index (χ1n) is 6.11. The van der Waals surface area contributed by atoms with Crippen LogP contribution in [0.15, 0.2) is 11.4 Å². The third-order valence-corrected chi connectivity index (χ3v) is 3.93. The van der Waals surface area contributed by atoms with E-state index in [1.807, 2.05) is 11.4 Å². The molecule has 2 rings (SSSR count). The van der Waals surface area contributed by atoms with Crippen LogP contribution in [0.4, 0.5) is 0 Å². The number of ketones is 1. The molecule has 1 aliphatic rings. The van der Waals surface area contributed by atoms with Crippen molar-refractivity contribution in [2.45, 2.75) is 19.6 Å². The highest BCUT2D eigenvalue weighted by Crippen LogP contribution is 2.17. The van der Waals surface area contributed by atoms with E-state index >= 15 is 0 Å². The number of likely N-dealkylation sites (N-methyl/N-ethyl adjacent to an activating group) is 1. The van der Waals surface area contributed by atoms with E-state index in [1.165, 1.54) is 16.9 Å². The number of rotatable bonds is 5. The van der Waals surface area contributed by atoms with Crippen LogP contribution < -0.4 is 0 Å². The predicted molar refractivity (Wildman–Crippen MR) is 71.2 cm³/mol. The molecule has 0 bridgehead atoms. The van der Waals surface area contributed by atoms with Gasteiger partial charge in [0.1, 0.15) is 0 Å². The molecule has 2 heterocycles. The predicted octanol–water partition coefficient (Wildman–Crippen LogP) is 1.80. The summed E-state index contributed by atoms with van der Waals surface area (Å²) < 4.78 is 11.0. The molecular weight excluding hydrogens is 250 g/mol. The lowest BCUT2D eigenvalue weighted by Crippen LogP contribution is -2.38. The van der Waals surface area contributed by atoms with E-state index in [0.29, 0.717) is 19.8 Å². The number of carbonyl (C=O) groups is 1. The molecule has 1 aromatic heterocycles. The molecule has 5 heteroatoms. The summed E-state index contributed by atoms with van der Waals surface area (Å²) >= 11 is 1.51. The molecule has 0 aliphatic carbocycles. The van der Waals surface area contributed by atoms with Crippen LogP contribution in [-0.2, 0) is 16.0 Å². The fraction of sp³-hybridized carbons (Fsp3) is 0.615. The molecule has 1 aliphatic heterocycles. The molecule has 0 saturated carbocycles. The van der Waals surface area contributed by atoms with E-state index < -0.39 is 0 Å². The molecule has 1 aromatic rings. The van der Waals surface area contributed by atoms with Crippen molar-refractivity contribution in [3.8, 4) is 0 Å². The summed E-state index contributed by atoms with van der Waals surface area (Å²) in [6.45, 7) is 5.35. The second-order valence-corrected chi connectivity index (χ2v) is 5.55. The molecule has 0 aromatic carbocycles. The second-order valence-electron chi connectivity index (χ2n) is 4.64. The molecule has 0 unspecified atom stereocenters. The number of hydrogen-bond donors (Lipinski definition) is 0. The maximum absolute atomic E-state index is 11.2. The van der Waals surface area contributed by atoms with Gasteiger partial charge in [-0.2, -0.15) is 0 Å². The summed E-state index contributed by atoms with van der Waals surface area (Å²) in [5.74, 6) is 0.137. The number of carbonyl (C=O) groups excluding carboxylic acids is 1. The van der Waals surface area contributed by atoms with E-state index in [2.05, 4.69) is 11.9 Å². The minimum atomic E-state index is 0.137. The smallest absolute Gasteiger partial charge is 0.169 e. The SMILES string of the molecule is CC(=O)c1cc(CN(C)C[C@H]2COCCO2)cs1. The maximum Gasteiger partial charge on any atom is 0.169 e. The number of Topliss-reactive ketones (excluding diaryl/α,β-unsaturated/α-hetero) is 1. The lowest BCUT2D eigenvalue weighted by atomic mass is 10.2. The Labute approximate surface area is 111 Å². The van der Waals surface area contributed by atoms with Gasteiger partial charge < -0.3 is 9.47 Å². The average molecular weight is 269 g/mol. The first-order valence-corrected chi connectivity index (χ1v) is 6.99. The monoisotopic (exact) mass is 269 g/mol. The summed E-state index contributed by atoms with van der Waals surface area (Å²) in [5.41, 5.74) is 1.18.